The van der Waals surface area contributed by atoms with E-state index >= 15 is 0 Å². The van der Waals surface area contributed by atoms with E-state index < -0.39 is 0 Å². The summed E-state index contributed by atoms with van der Waals surface area (Å²) in [5.74, 6) is 0. The summed E-state index contributed by atoms with van der Waals surface area (Å²) in [5, 5.41) is 4.31. The van der Waals surface area contributed by atoms with Gasteiger partial charge in [-0.25, -0.2) is 0 Å². The van der Waals surface area contributed by atoms with Crippen molar-refractivity contribution in [3.05, 3.63) is 17.5 Å². The normalized spacial score (nSPS) is 17.4. The second-order valence-electron chi connectivity index (χ2n) is 3.41. The highest BCUT2D eigenvalue weighted by molar-refractivity contribution is 5.18. The molecule has 0 aliphatic carbocycles. The van der Waals surface area contributed by atoms with E-state index in [-0.39, 0.29) is 0 Å². The number of aromatic nitrogens is 2. The molecule has 4 nitrogen and oxygen atoms in total. The highest BCUT2D eigenvalue weighted by atomic mass is 15.3. The van der Waals surface area contributed by atoms with Crippen molar-refractivity contribution in [1.82, 2.24) is 14.7 Å². The van der Waals surface area contributed by atoms with Gasteiger partial charge in [0, 0.05) is 25.2 Å². The third-order valence-electron chi connectivity index (χ3n) is 2.70. The molecule has 0 amide bonds. The highest BCUT2D eigenvalue weighted by Gasteiger charge is 2.17. The lowest BCUT2D eigenvalue weighted by Crippen LogP contribution is -2.34. The molecule has 1 aliphatic heterocycles. The fourth-order valence-electron chi connectivity index (χ4n) is 1.79. The summed E-state index contributed by atoms with van der Waals surface area (Å²) in [5.41, 5.74) is 8.13. The number of rotatable bonds is 2. The summed E-state index contributed by atoms with van der Waals surface area (Å²) in [6, 6.07) is 0. The topological polar surface area (TPSA) is 47.1 Å². The first-order valence-corrected chi connectivity index (χ1v) is 4.81. The van der Waals surface area contributed by atoms with Crippen molar-refractivity contribution in [3.63, 3.8) is 0 Å². The van der Waals surface area contributed by atoms with Gasteiger partial charge >= 0.3 is 0 Å². The Labute approximate surface area is 78.3 Å². The first-order chi connectivity index (χ1) is 6.35. The van der Waals surface area contributed by atoms with E-state index in [0.717, 1.165) is 26.2 Å². The first kappa shape index (κ1) is 8.72. The van der Waals surface area contributed by atoms with Gasteiger partial charge in [0.05, 0.1) is 18.4 Å². The van der Waals surface area contributed by atoms with Crippen molar-refractivity contribution >= 4 is 0 Å². The second-order valence-corrected chi connectivity index (χ2v) is 3.41. The lowest BCUT2D eigenvalue weighted by atomic mass is 10.2. The number of fused-ring (bicyclic) bond motifs is 1. The lowest BCUT2D eigenvalue weighted by Gasteiger charge is -2.26. The molecule has 0 saturated heterocycles. The Kier molecular flexibility index (Phi) is 2.33. The van der Waals surface area contributed by atoms with Gasteiger partial charge in [-0.1, -0.05) is 6.92 Å². The van der Waals surface area contributed by atoms with Gasteiger partial charge in [-0.3, -0.25) is 9.58 Å². The fourth-order valence-corrected chi connectivity index (χ4v) is 1.79. The van der Waals surface area contributed by atoms with Crippen molar-refractivity contribution < 1.29 is 0 Å². The molecule has 13 heavy (non-hydrogen) atoms. The second kappa shape index (κ2) is 3.47. The predicted octanol–water partition coefficient (Wildman–Crippen LogP) is 0.177. The quantitative estimate of drug-likeness (QED) is 0.706. The third-order valence-corrected chi connectivity index (χ3v) is 2.70. The average molecular weight is 180 g/mol. The Balaban J connectivity index is 2.25. The van der Waals surface area contributed by atoms with Crippen LogP contribution in [-0.2, 0) is 19.6 Å². The Hall–Kier alpha value is -0.870. The molecule has 1 aliphatic rings. The Morgan fingerprint density at radius 3 is 3.08 bits per heavy atom. The molecule has 0 bridgehead atoms. The van der Waals surface area contributed by atoms with Crippen LogP contribution in [0.25, 0.3) is 0 Å². The Bertz CT molecular complexity index is 278. The van der Waals surface area contributed by atoms with Gasteiger partial charge in [-0.2, -0.15) is 5.10 Å². The molecule has 2 N–H and O–H groups in total. The molecule has 72 valence electrons. The van der Waals surface area contributed by atoms with Crippen molar-refractivity contribution in [2.75, 3.05) is 13.1 Å². The van der Waals surface area contributed by atoms with Crippen molar-refractivity contribution in [2.24, 2.45) is 5.73 Å². The zero-order valence-corrected chi connectivity index (χ0v) is 8.03. The van der Waals surface area contributed by atoms with Crippen LogP contribution in [0.1, 0.15) is 18.2 Å². The van der Waals surface area contributed by atoms with Gasteiger partial charge in [0.15, 0.2) is 0 Å². The van der Waals surface area contributed by atoms with Gasteiger partial charge in [0.2, 0.25) is 0 Å². The number of nitrogens with two attached hydrogens (primary N) is 1. The van der Waals surface area contributed by atoms with E-state index in [9.17, 15) is 0 Å². The predicted molar refractivity (Wildman–Crippen MR) is 51.1 cm³/mol. The summed E-state index contributed by atoms with van der Waals surface area (Å²) in [6.07, 6.45) is 1.90. The number of nitrogens with zero attached hydrogens (tertiary/aromatic N) is 3. The maximum Gasteiger partial charge on any atom is 0.0569 e. The van der Waals surface area contributed by atoms with Crippen LogP contribution >= 0.6 is 0 Å². The van der Waals surface area contributed by atoms with Crippen LogP contribution in [-0.4, -0.2) is 27.8 Å². The lowest BCUT2D eigenvalue weighted by molar-refractivity contribution is 0.223. The maximum absolute atomic E-state index is 5.63. The molecule has 2 heterocycles. The van der Waals surface area contributed by atoms with Crippen LogP contribution in [0.4, 0.5) is 0 Å². The zero-order valence-electron chi connectivity index (χ0n) is 8.03. The molecule has 0 saturated carbocycles. The molecular formula is C9H16N4. The maximum atomic E-state index is 5.63. The minimum absolute atomic E-state index is 0.604. The van der Waals surface area contributed by atoms with Crippen molar-refractivity contribution in [3.8, 4) is 0 Å². The van der Waals surface area contributed by atoms with E-state index in [0.29, 0.717) is 6.54 Å². The Morgan fingerprint density at radius 2 is 2.38 bits per heavy atom. The molecule has 2 rings (SSSR count). The van der Waals surface area contributed by atoms with Crippen LogP contribution < -0.4 is 5.73 Å². The van der Waals surface area contributed by atoms with Crippen molar-refractivity contribution in [1.29, 1.82) is 0 Å². The van der Waals surface area contributed by atoms with E-state index in [4.69, 9.17) is 5.73 Å². The highest BCUT2D eigenvalue weighted by Crippen LogP contribution is 2.15. The summed E-state index contributed by atoms with van der Waals surface area (Å²) in [7, 11) is 0. The molecule has 0 unspecified atom stereocenters. The van der Waals surface area contributed by atoms with E-state index in [2.05, 4.69) is 21.6 Å². The molecular weight excluding hydrogens is 164 g/mol. The van der Waals surface area contributed by atoms with Gasteiger partial charge in [-0.05, 0) is 6.54 Å². The van der Waals surface area contributed by atoms with Crippen LogP contribution in [0, 0.1) is 0 Å². The van der Waals surface area contributed by atoms with Crippen molar-refractivity contribution in [2.45, 2.75) is 26.6 Å². The van der Waals surface area contributed by atoms with Crippen LogP contribution in [0.2, 0.25) is 0 Å². The average Bonchev–Trinajstić information content (AvgIpc) is 2.59. The minimum Gasteiger partial charge on any atom is -0.326 e. The Morgan fingerprint density at radius 1 is 1.54 bits per heavy atom. The molecule has 0 radical (unpaired) electrons. The standard InChI is InChI=1S/C9H16N4/c1-2-12-3-4-13-9(7-12)8(5-10)6-11-13/h6H,2-5,7,10H2,1H3. The van der Waals surface area contributed by atoms with Gasteiger partial charge in [0.25, 0.3) is 0 Å². The molecule has 0 spiro atoms. The number of hydrogen-bond acceptors (Lipinski definition) is 3. The van der Waals surface area contributed by atoms with Gasteiger partial charge in [0.1, 0.15) is 0 Å². The molecule has 4 heteroatoms. The van der Waals surface area contributed by atoms with Crippen LogP contribution in [0.15, 0.2) is 6.20 Å². The van der Waals surface area contributed by atoms with E-state index in [1.807, 2.05) is 6.20 Å². The molecule has 0 atom stereocenters. The fraction of sp³-hybridized carbons (Fsp3) is 0.667. The third kappa shape index (κ3) is 1.47. The summed E-state index contributed by atoms with van der Waals surface area (Å²) < 4.78 is 2.08. The summed E-state index contributed by atoms with van der Waals surface area (Å²) in [6.45, 7) is 7.01. The largest absolute Gasteiger partial charge is 0.326 e. The molecule has 1 aromatic heterocycles. The SMILES string of the molecule is CCN1CCn2ncc(CN)c2C1. The van der Waals surface area contributed by atoms with Gasteiger partial charge in [-0.15, -0.1) is 0 Å². The molecule has 0 aromatic carbocycles. The van der Waals surface area contributed by atoms with E-state index in [1.54, 1.807) is 0 Å². The number of likely N-dealkylation sites (N-methyl/N-ethyl adjacent to an activating group) is 1. The summed E-state index contributed by atoms with van der Waals surface area (Å²) in [4.78, 5) is 2.41. The van der Waals surface area contributed by atoms with Crippen LogP contribution in [0.3, 0.4) is 0 Å². The van der Waals surface area contributed by atoms with Gasteiger partial charge < -0.3 is 5.73 Å². The molecule has 1 aromatic rings. The monoisotopic (exact) mass is 180 g/mol. The smallest absolute Gasteiger partial charge is 0.0569 e. The number of hydrogen-bond donors (Lipinski definition) is 1. The van der Waals surface area contributed by atoms with Crippen LogP contribution in [0.5, 0.6) is 0 Å². The first-order valence-electron chi connectivity index (χ1n) is 4.81. The molecule has 0 fully saturated rings. The van der Waals surface area contributed by atoms with E-state index in [1.165, 1.54) is 11.3 Å². The summed E-state index contributed by atoms with van der Waals surface area (Å²) >= 11 is 0. The minimum atomic E-state index is 0.604. The zero-order chi connectivity index (χ0) is 9.26.